The molecule has 2 aromatic heterocycles. The van der Waals surface area contributed by atoms with Crippen molar-refractivity contribution in [1.29, 1.82) is 0 Å². The predicted molar refractivity (Wildman–Crippen MR) is 63.1 cm³/mol. The van der Waals surface area contributed by atoms with Crippen molar-refractivity contribution in [3.8, 4) is 0 Å². The standard InChI is InChI=1S/C14H13NO2/c1-9-6-8-17-14(9)13(16)11-5-4-10-3-2-7-15-12(10)11/h2-3,6-8,11H,4-5H2,1H3. The molecule has 3 nitrogen and oxygen atoms in total. The van der Waals surface area contributed by atoms with Gasteiger partial charge in [-0.05, 0) is 43.0 Å². The Morgan fingerprint density at radius 2 is 2.35 bits per heavy atom. The summed E-state index contributed by atoms with van der Waals surface area (Å²) in [5, 5.41) is 0. The third kappa shape index (κ3) is 1.58. The van der Waals surface area contributed by atoms with Crippen LogP contribution in [0.15, 0.2) is 35.1 Å². The van der Waals surface area contributed by atoms with Crippen LogP contribution in [0.1, 0.15) is 39.7 Å². The molecule has 17 heavy (non-hydrogen) atoms. The van der Waals surface area contributed by atoms with Crippen LogP contribution in [0.25, 0.3) is 0 Å². The molecule has 86 valence electrons. The molecule has 1 aliphatic rings. The zero-order valence-corrected chi connectivity index (χ0v) is 9.64. The lowest BCUT2D eigenvalue weighted by Crippen LogP contribution is -2.11. The molecule has 0 N–H and O–H groups in total. The number of carbonyl (C=O) groups excluding carboxylic acids is 1. The number of furan rings is 1. The Morgan fingerprint density at radius 1 is 1.47 bits per heavy atom. The van der Waals surface area contributed by atoms with Crippen molar-refractivity contribution >= 4 is 5.78 Å². The van der Waals surface area contributed by atoms with E-state index in [1.54, 1.807) is 12.5 Å². The van der Waals surface area contributed by atoms with E-state index in [2.05, 4.69) is 4.98 Å². The van der Waals surface area contributed by atoms with Crippen LogP contribution in [-0.4, -0.2) is 10.8 Å². The largest absolute Gasteiger partial charge is 0.461 e. The summed E-state index contributed by atoms with van der Waals surface area (Å²) in [6.07, 6.45) is 5.08. The Balaban J connectivity index is 1.98. The van der Waals surface area contributed by atoms with Gasteiger partial charge in [0.25, 0.3) is 0 Å². The zero-order valence-electron chi connectivity index (χ0n) is 9.64. The van der Waals surface area contributed by atoms with E-state index in [-0.39, 0.29) is 11.7 Å². The minimum atomic E-state index is -0.129. The topological polar surface area (TPSA) is 43.1 Å². The molecule has 0 saturated heterocycles. The van der Waals surface area contributed by atoms with E-state index in [1.165, 1.54) is 5.56 Å². The van der Waals surface area contributed by atoms with Crippen molar-refractivity contribution < 1.29 is 9.21 Å². The lowest BCUT2D eigenvalue weighted by Gasteiger charge is -2.07. The summed E-state index contributed by atoms with van der Waals surface area (Å²) < 4.78 is 5.28. The maximum Gasteiger partial charge on any atom is 0.207 e. The molecule has 1 unspecified atom stereocenters. The lowest BCUT2D eigenvalue weighted by molar-refractivity contribution is 0.0930. The van der Waals surface area contributed by atoms with Gasteiger partial charge in [0.15, 0.2) is 5.76 Å². The summed E-state index contributed by atoms with van der Waals surface area (Å²) in [7, 11) is 0. The fraction of sp³-hybridized carbons (Fsp3) is 0.286. The van der Waals surface area contributed by atoms with Crippen LogP contribution >= 0.6 is 0 Å². The molecular weight excluding hydrogens is 214 g/mol. The molecule has 2 aromatic rings. The van der Waals surface area contributed by atoms with Gasteiger partial charge >= 0.3 is 0 Å². The van der Waals surface area contributed by atoms with Crippen LogP contribution in [-0.2, 0) is 6.42 Å². The molecule has 0 aromatic carbocycles. The fourth-order valence-electron chi connectivity index (χ4n) is 2.45. The number of rotatable bonds is 2. The molecular formula is C14H13NO2. The Hall–Kier alpha value is -1.90. The highest BCUT2D eigenvalue weighted by molar-refractivity contribution is 6.00. The highest BCUT2D eigenvalue weighted by atomic mass is 16.3. The molecule has 0 bridgehead atoms. The molecule has 0 spiro atoms. The smallest absolute Gasteiger partial charge is 0.207 e. The monoisotopic (exact) mass is 227 g/mol. The first-order valence-electron chi connectivity index (χ1n) is 5.79. The van der Waals surface area contributed by atoms with Crippen LogP contribution in [0, 0.1) is 6.92 Å². The molecule has 0 radical (unpaired) electrons. The molecule has 0 fully saturated rings. The molecule has 1 aliphatic carbocycles. The Morgan fingerprint density at radius 3 is 3.12 bits per heavy atom. The number of nitrogens with zero attached hydrogens (tertiary/aromatic N) is 1. The number of aromatic nitrogens is 1. The molecule has 3 heteroatoms. The number of ketones is 1. The molecule has 2 heterocycles. The van der Waals surface area contributed by atoms with E-state index in [1.807, 2.05) is 25.1 Å². The van der Waals surface area contributed by atoms with Crippen LogP contribution in [0.2, 0.25) is 0 Å². The van der Waals surface area contributed by atoms with Gasteiger partial charge in [0, 0.05) is 6.20 Å². The van der Waals surface area contributed by atoms with Crippen molar-refractivity contribution in [2.45, 2.75) is 25.7 Å². The first-order valence-corrected chi connectivity index (χ1v) is 5.79. The molecule has 0 aliphatic heterocycles. The third-order valence-corrected chi connectivity index (χ3v) is 3.36. The summed E-state index contributed by atoms with van der Waals surface area (Å²) in [6, 6.07) is 5.79. The summed E-state index contributed by atoms with van der Waals surface area (Å²) in [5.41, 5.74) is 3.02. The first-order chi connectivity index (χ1) is 8.27. The van der Waals surface area contributed by atoms with Crippen molar-refractivity contribution in [2.24, 2.45) is 0 Å². The number of fused-ring (bicyclic) bond motifs is 1. The van der Waals surface area contributed by atoms with Crippen molar-refractivity contribution in [1.82, 2.24) is 4.98 Å². The van der Waals surface area contributed by atoms with E-state index in [4.69, 9.17) is 4.42 Å². The molecule has 0 saturated carbocycles. The Labute approximate surface area is 99.5 Å². The van der Waals surface area contributed by atoms with E-state index >= 15 is 0 Å². The fourth-order valence-corrected chi connectivity index (χ4v) is 2.45. The van der Waals surface area contributed by atoms with Gasteiger partial charge < -0.3 is 4.42 Å². The number of aryl methyl sites for hydroxylation is 2. The van der Waals surface area contributed by atoms with Gasteiger partial charge in [-0.25, -0.2) is 0 Å². The van der Waals surface area contributed by atoms with Gasteiger partial charge in [0.2, 0.25) is 5.78 Å². The summed E-state index contributed by atoms with van der Waals surface area (Å²) in [5.74, 6) is 0.412. The van der Waals surface area contributed by atoms with Gasteiger partial charge in [-0.2, -0.15) is 0 Å². The zero-order chi connectivity index (χ0) is 11.8. The maximum atomic E-state index is 12.4. The summed E-state index contributed by atoms with van der Waals surface area (Å²) >= 11 is 0. The summed E-state index contributed by atoms with van der Waals surface area (Å²) in [6.45, 7) is 1.89. The van der Waals surface area contributed by atoms with E-state index < -0.39 is 0 Å². The highest BCUT2D eigenvalue weighted by Gasteiger charge is 2.32. The van der Waals surface area contributed by atoms with Gasteiger partial charge in [-0.3, -0.25) is 9.78 Å². The van der Waals surface area contributed by atoms with Crippen LogP contribution in [0.5, 0.6) is 0 Å². The average molecular weight is 227 g/mol. The average Bonchev–Trinajstić information content (AvgIpc) is 2.94. The minimum absolute atomic E-state index is 0.0601. The predicted octanol–water partition coefficient (Wildman–Crippen LogP) is 2.90. The minimum Gasteiger partial charge on any atom is -0.461 e. The van der Waals surface area contributed by atoms with Crippen molar-refractivity contribution in [3.05, 3.63) is 53.2 Å². The normalized spacial score (nSPS) is 18.1. The first kappa shape index (κ1) is 10.3. The van der Waals surface area contributed by atoms with Gasteiger partial charge in [0.05, 0.1) is 17.9 Å². The third-order valence-electron chi connectivity index (χ3n) is 3.36. The van der Waals surface area contributed by atoms with E-state index in [0.717, 1.165) is 24.1 Å². The Bertz CT molecular complexity index is 571. The van der Waals surface area contributed by atoms with Crippen LogP contribution in [0.3, 0.4) is 0 Å². The maximum absolute atomic E-state index is 12.4. The van der Waals surface area contributed by atoms with E-state index in [0.29, 0.717) is 5.76 Å². The Kier molecular flexibility index (Phi) is 2.32. The quantitative estimate of drug-likeness (QED) is 0.741. The molecule has 3 rings (SSSR count). The van der Waals surface area contributed by atoms with Crippen molar-refractivity contribution in [2.75, 3.05) is 0 Å². The second kappa shape index (κ2) is 3.84. The van der Waals surface area contributed by atoms with Crippen LogP contribution in [0.4, 0.5) is 0 Å². The summed E-state index contributed by atoms with van der Waals surface area (Å²) in [4.78, 5) is 16.7. The SMILES string of the molecule is Cc1ccoc1C(=O)C1CCc2cccnc21. The van der Waals surface area contributed by atoms with Gasteiger partial charge in [-0.1, -0.05) is 6.07 Å². The molecule has 1 atom stereocenters. The number of pyridine rings is 1. The number of carbonyl (C=O) groups is 1. The number of hydrogen-bond donors (Lipinski definition) is 0. The molecule has 0 amide bonds. The lowest BCUT2D eigenvalue weighted by atomic mass is 9.98. The van der Waals surface area contributed by atoms with E-state index in [9.17, 15) is 4.79 Å². The van der Waals surface area contributed by atoms with Crippen LogP contribution < -0.4 is 0 Å². The number of hydrogen-bond acceptors (Lipinski definition) is 3. The highest BCUT2D eigenvalue weighted by Crippen LogP contribution is 2.34. The van der Waals surface area contributed by atoms with Crippen molar-refractivity contribution in [3.63, 3.8) is 0 Å². The number of Topliss-reactive ketones (excluding diaryl/α,β-unsaturated/α-hetero) is 1. The second-order valence-electron chi connectivity index (χ2n) is 4.44. The van der Waals surface area contributed by atoms with Gasteiger partial charge in [0.1, 0.15) is 0 Å². The van der Waals surface area contributed by atoms with Gasteiger partial charge in [-0.15, -0.1) is 0 Å². The second-order valence-corrected chi connectivity index (χ2v) is 4.44.